The van der Waals surface area contributed by atoms with Crippen molar-refractivity contribution in [3.63, 3.8) is 0 Å². The lowest BCUT2D eigenvalue weighted by Gasteiger charge is -2.29. The Morgan fingerprint density at radius 2 is 2.10 bits per heavy atom. The minimum atomic E-state index is -0.470. The van der Waals surface area contributed by atoms with Gasteiger partial charge < -0.3 is 15.3 Å². The monoisotopic (exact) mass is 279 g/mol. The number of rotatable bonds is 2. The molecule has 1 aromatic rings. The predicted octanol–water partition coefficient (Wildman–Crippen LogP) is 1.89. The molecule has 7 nitrogen and oxygen atoms in total. The Bertz CT molecular complexity index is 524. The number of carbonyl (C=O) groups excluding carboxylic acids is 1. The Morgan fingerprint density at radius 3 is 2.70 bits per heavy atom. The minimum absolute atomic E-state index is 0.0168. The average molecular weight is 279 g/mol. The van der Waals surface area contributed by atoms with Crippen LogP contribution in [-0.2, 0) is 0 Å². The molecule has 1 saturated heterocycles. The summed E-state index contributed by atoms with van der Waals surface area (Å²) in [5.41, 5.74) is 0.935. The minimum Gasteiger partial charge on any atom is -0.393 e. The third-order valence-corrected chi connectivity index (χ3v) is 3.41. The normalized spacial score (nSPS) is 16.0. The number of nitro benzene ring substituents is 1. The first-order valence-electron chi connectivity index (χ1n) is 6.46. The third kappa shape index (κ3) is 3.24. The topological polar surface area (TPSA) is 95.7 Å². The van der Waals surface area contributed by atoms with E-state index in [9.17, 15) is 20.0 Å². The first-order valence-corrected chi connectivity index (χ1v) is 6.46. The van der Waals surface area contributed by atoms with Gasteiger partial charge in [0.05, 0.1) is 11.0 Å². The van der Waals surface area contributed by atoms with Crippen LogP contribution in [0.2, 0.25) is 0 Å². The summed E-state index contributed by atoms with van der Waals surface area (Å²) in [4.78, 5) is 24.0. The van der Waals surface area contributed by atoms with Gasteiger partial charge in [0.2, 0.25) is 0 Å². The van der Waals surface area contributed by atoms with E-state index in [-0.39, 0.29) is 17.8 Å². The molecular formula is C13H17N3O4. The zero-order valence-electron chi connectivity index (χ0n) is 11.2. The number of benzene rings is 1. The van der Waals surface area contributed by atoms with Crippen LogP contribution in [0.4, 0.5) is 16.2 Å². The highest BCUT2D eigenvalue weighted by molar-refractivity contribution is 5.89. The summed E-state index contributed by atoms with van der Waals surface area (Å²) < 4.78 is 0. The quantitative estimate of drug-likeness (QED) is 0.638. The van der Waals surface area contributed by atoms with E-state index in [4.69, 9.17) is 0 Å². The Kier molecular flexibility index (Phi) is 4.19. The molecule has 108 valence electrons. The molecule has 0 unspecified atom stereocenters. The van der Waals surface area contributed by atoms with Gasteiger partial charge in [0.15, 0.2) is 0 Å². The molecular weight excluding hydrogens is 262 g/mol. The van der Waals surface area contributed by atoms with Crippen molar-refractivity contribution < 1.29 is 14.8 Å². The SMILES string of the molecule is Cc1ccc(NC(=O)N2CCC(O)CC2)cc1[N+](=O)[O-]. The molecule has 2 N–H and O–H groups in total. The molecule has 0 spiro atoms. The highest BCUT2D eigenvalue weighted by Crippen LogP contribution is 2.22. The Hall–Kier alpha value is -2.15. The zero-order chi connectivity index (χ0) is 14.7. The molecule has 0 radical (unpaired) electrons. The van der Waals surface area contributed by atoms with Crippen molar-refractivity contribution in [1.82, 2.24) is 4.90 Å². The van der Waals surface area contributed by atoms with Gasteiger partial charge in [-0.15, -0.1) is 0 Å². The fourth-order valence-electron chi connectivity index (χ4n) is 2.16. The van der Waals surface area contributed by atoms with E-state index in [1.165, 1.54) is 6.07 Å². The highest BCUT2D eigenvalue weighted by atomic mass is 16.6. The van der Waals surface area contributed by atoms with Crippen molar-refractivity contribution in [3.05, 3.63) is 33.9 Å². The van der Waals surface area contributed by atoms with Crippen molar-refractivity contribution in [2.75, 3.05) is 18.4 Å². The number of carbonyl (C=O) groups is 1. The number of anilines is 1. The van der Waals surface area contributed by atoms with E-state index in [0.717, 1.165) is 0 Å². The van der Waals surface area contributed by atoms with E-state index >= 15 is 0 Å². The van der Waals surface area contributed by atoms with Gasteiger partial charge >= 0.3 is 6.03 Å². The summed E-state index contributed by atoms with van der Waals surface area (Å²) in [6.45, 7) is 2.62. The van der Waals surface area contributed by atoms with Gasteiger partial charge in [-0.3, -0.25) is 10.1 Å². The number of hydrogen-bond donors (Lipinski definition) is 2. The zero-order valence-corrected chi connectivity index (χ0v) is 11.2. The van der Waals surface area contributed by atoms with E-state index < -0.39 is 4.92 Å². The first-order chi connectivity index (χ1) is 9.47. The van der Waals surface area contributed by atoms with E-state index in [2.05, 4.69) is 5.32 Å². The summed E-state index contributed by atoms with van der Waals surface area (Å²) in [6.07, 6.45) is 0.766. The van der Waals surface area contributed by atoms with E-state index in [1.54, 1.807) is 24.0 Å². The van der Waals surface area contributed by atoms with Crippen molar-refractivity contribution in [1.29, 1.82) is 0 Å². The molecule has 1 aliphatic heterocycles. The molecule has 1 heterocycles. The number of nitro groups is 1. The maximum absolute atomic E-state index is 12.0. The number of nitrogens with zero attached hydrogens (tertiary/aromatic N) is 2. The van der Waals surface area contributed by atoms with Crippen LogP contribution in [0, 0.1) is 17.0 Å². The second-order valence-electron chi connectivity index (χ2n) is 4.91. The van der Waals surface area contributed by atoms with Crippen molar-refractivity contribution in [3.8, 4) is 0 Å². The second kappa shape index (κ2) is 5.87. The lowest BCUT2D eigenvalue weighted by molar-refractivity contribution is -0.385. The van der Waals surface area contributed by atoms with Crippen molar-refractivity contribution >= 4 is 17.4 Å². The third-order valence-electron chi connectivity index (χ3n) is 3.41. The van der Waals surface area contributed by atoms with Gasteiger partial charge in [-0.1, -0.05) is 6.07 Å². The largest absolute Gasteiger partial charge is 0.393 e. The fourth-order valence-corrected chi connectivity index (χ4v) is 2.16. The van der Waals surface area contributed by atoms with Crippen molar-refractivity contribution in [2.45, 2.75) is 25.9 Å². The number of urea groups is 1. The number of likely N-dealkylation sites (tertiary alicyclic amines) is 1. The number of aliphatic hydroxyl groups excluding tert-OH is 1. The van der Waals surface area contributed by atoms with Gasteiger partial charge in [-0.05, 0) is 25.8 Å². The maximum Gasteiger partial charge on any atom is 0.321 e. The van der Waals surface area contributed by atoms with Crippen LogP contribution in [0.1, 0.15) is 18.4 Å². The molecule has 1 fully saturated rings. The number of amides is 2. The number of piperidine rings is 1. The highest BCUT2D eigenvalue weighted by Gasteiger charge is 2.21. The molecule has 2 amide bonds. The Balaban J connectivity index is 2.04. The number of hydrogen-bond acceptors (Lipinski definition) is 4. The molecule has 0 aliphatic carbocycles. The molecule has 0 aromatic heterocycles. The van der Waals surface area contributed by atoms with Crippen LogP contribution in [-0.4, -0.2) is 40.2 Å². The number of aryl methyl sites for hydroxylation is 1. The lowest BCUT2D eigenvalue weighted by atomic mass is 10.1. The molecule has 2 rings (SSSR count). The van der Waals surface area contributed by atoms with Crippen LogP contribution in [0.15, 0.2) is 18.2 Å². The molecule has 7 heteroatoms. The summed E-state index contributed by atoms with van der Waals surface area (Å²) in [6, 6.07) is 4.30. The molecule has 1 aliphatic rings. The first kappa shape index (κ1) is 14.3. The summed E-state index contributed by atoms with van der Waals surface area (Å²) >= 11 is 0. The smallest absolute Gasteiger partial charge is 0.321 e. The number of nitrogens with one attached hydrogen (secondary N) is 1. The Morgan fingerprint density at radius 1 is 1.45 bits per heavy atom. The standard InChI is InChI=1S/C13H17N3O4/c1-9-2-3-10(8-12(9)16(19)20)14-13(18)15-6-4-11(17)5-7-15/h2-3,8,11,17H,4-7H2,1H3,(H,14,18). The second-order valence-corrected chi connectivity index (χ2v) is 4.91. The van der Waals surface area contributed by atoms with Gasteiger partial charge in [-0.25, -0.2) is 4.79 Å². The molecule has 0 saturated carbocycles. The summed E-state index contributed by atoms with van der Waals surface area (Å²) in [5, 5.41) is 22.9. The molecule has 1 aromatic carbocycles. The van der Waals surface area contributed by atoms with Crippen LogP contribution in [0.5, 0.6) is 0 Å². The van der Waals surface area contributed by atoms with Crippen LogP contribution in [0.25, 0.3) is 0 Å². The van der Waals surface area contributed by atoms with E-state index in [1.807, 2.05) is 0 Å². The predicted molar refractivity (Wildman–Crippen MR) is 73.7 cm³/mol. The van der Waals surface area contributed by atoms with Crippen LogP contribution >= 0.6 is 0 Å². The van der Waals surface area contributed by atoms with E-state index in [0.29, 0.717) is 37.2 Å². The average Bonchev–Trinajstić information content (AvgIpc) is 2.41. The van der Waals surface area contributed by atoms with Gasteiger partial charge in [-0.2, -0.15) is 0 Å². The molecule has 20 heavy (non-hydrogen) atoms. The van der Waals surface area contributed by atoms with Gasteiger partial charge in [0, 0.05) is 30.4 Å². The number of aliphatic hydroxyl groups is 1. The van der Waals surface area contributed by atoms with Crippen LogP contribution in [0.3, 0.4) is 0 Å². The molecule has 0 atom stereocenters. The van der Waals surface area contributed by atoms with Crippen molar-refractivity contribution in [2.24, 2.45) is 0 Å². The summed E-state index contributed by atoms with van der Waals surface area (Å²) in [7, 11) is 0. The fraction of sp³-hybridized carbons (Fsp3) is 0.462. The van der Waals surface area contributed by atoms with Crippen LogP contribution < -0.4 is 5.32 Å². The van der Waals surface area contributed by atoms with Gasteiger partial charge in [0.25, 0.3) is 5.69 Å². The molecule has 0 bridgehead atoms. The summed E-state index contributed by atoms with van der Waals surface area (Å²) in [5.74, 6) is 0. The maximum atomic E-state index is 12.0. The Labute approximate surface area is 116 Å². The van der Waals surface area contributed by atoms with Gasteiger partial charge in [0.1, 0.15) is 0 Å². The lowest BCUT2D eigenvalue weighted by Crippen LogP contribution is -2.42.